The van der Waals surface area contributed by atoms with Gasteiger partial charge in [-0.05, 0) is 42.0 Å². The van der Waals surface area contributed by atoms with Gasteiger partial charge in [-0.3, -0.25) is 0 Å². The van der Waals surface area contributed by atoms with Gasteiger partial charge in [-0.25, -0.2) is 4.79 Å². The Morgan fingerprint density at radius 1 is 0.909 bits per heavy atom. The fraction of sp³-hybridized carbons (Fsp3) is 0.0556. The fourth-order valence-corrected chi connectivity index (χ4v) is 2.11. The van der Waals surface area contributed by atoms with Gasteiger partial charge >= 0.3 is 6.03 Å². The normalized spacial score (nSPS) is 10.2. The minimum Gasteiger partial charge on any atom is -0.464 e. The lowest BCUT2D eigenvalue weighted by Gasteiger charge is -2.08. The summed E-state index contributed by atoms with van der Waals surface area (Å²) >= 11 is 0. The summed E-state index contributed by atoms with van der Waals surface area (Å²) in [6.07, 6.45) is 1.64. The molecule has 0 radical (unpaired) electrons. The Balaban J connectivity index is 1.55. The van der Waals surface area contributed by atoms with E-state index in [4.69, 9.17) is 4.42 Å². The standard InChI is InChI=1S/C18H16N2O2/c21-18(19-13-14-5-2-1-3-6-14)20-16-10-8-15(9-11-16)17-7-4-12-22-17/h1-12H,13H2,(H2,19,20,21). The van der Waals surface area contributed by atoms with Crippen LogP contribution in [0.15, 0.2) is 77.4 Å². The summed E-state index contributed by atoms with van der Waals surface area (Å²) in [7, 11) is 0. The number of furan rings is 1. The van der Waals surface area contributed by atoms with Crippen LogP contribution in [-0.2, 0) is 6.54 Å². The molecule has 2 amide bonds. The number of carbonyl (C=O) groups is 1. The van der Waals surface area contributed by atoms with Gasteiger partial charge < -0.3 is 15.1 Å². The van der Waals surface area contributed by atoms with Crippen molar-refractivity contribution in [3.63, 3.8) is 0 Å². The summed E-state index contributed by atoms with van der Waals surface area (Å²) in [4.78, 5) is 11.9. The van der Waals surface area contributed by atoms with E-state index in [0.29, 0.717) is 6.54 Å². The van der Waals surface area contributed by atoms with Crippen molar-refractivity contribution in [3.05, 3.63) is 78.6 Å². The van der Waals surface area contributed by atoms with E-state index in [9.17, 15) is 4.79 Å². The number of hydrogen-bond donors (Lipinski definition) is 2. The third-order valence-electron chi connectivity index (χ3n) is 3.24. The molecule has 2 aromatic carbocycles. The van der Waals surface area contributed by atoms with Crippen molar-refractivity contribution in [1.29, 1.82) is 0 Å². The highest BCUT2D eigenvalue weighted by Gasteiger charge is 2.03. The van der Waals surface area contributed by atoms with Gasteiger partial charge in [0.25, 0.3) is 0 Å². The quantitative estimate of drug-likeness (QED) is 0.754. The summed E-state index contributed by atoms with van der Waals surface area (Å²) in [6, 6.07) is 20.8. The average molecular weight is 292 g/mol. The Kier molecular flexibility index (Phi) is 4.20. The maximum atomic E-state index is 11.9. The van der Waals surface area contributed by atoms with Crippen molar-refractivity contribution < 1.29 is 9.21 Å². The van der Waals surface area contributed by atoms with E-state index in [2.05, 4.69) is 10.6 Å². The zero-order chi connectivity index (χ0) is 15.2. The van der Waals surface area contributed by atoms with Crippen molar-refractivity contribution in [2.75, 3.05) is 5.32 Å². The van der Waals surface area contributed by atoms with Crippen LogP contribution in [0.3, 0.4) is 0 Å². The number of rotatable bonds is 4. The molecule has 1 heterocycles. The van der Waals surface area contributed by atoms with Crippen molar-refractivity contribution in [2.45, 2.75) is 6.54 Å². The first-order valence-corrected chi connectivity index (χ1v) is 7.04. The highest BCUT2D eigenvalue weighted by Crippen LogP contribution is 2.21. The van der Waals surface area contributed by atoms with Crippen molar-refractivity contribution >= 4 is 11.7 Å². The van der Waals surface area contributed by atoms with Crippen LogP contribution in [0.4, 0.5) is 10.5 Å². The molecule has 0 atom stereocenters. The van der Waals surface area contributed by atoms with Gasteiger partial charge in [-0.2, -0.15) is 0 Å². The van der Waals surface area contributed by atoms with Crippen LogP contribution >= 0.6 is 0 Å². The van der Waals surface area contributed by atoms with E-state index < -0.39 is 0 Å². The molecule has 0 fully saturated rings. The monoisotopic (exact) mass is 292 g/mol. The molecule has 1 aromatic heterocycles. The highest BCUT2D eigenvalue weighted by molar-refractivity contribution is 5.89. The molecule has 0 spiro atoms. The van der Waals surface area contributed by atoms with Crippen LogP contribution in [0.2, 0.25) is 0 Å². The second-order valence-corrected chi connectivity index (χ2v) is 4.85. The second kappa shape index (κ2) is 6.63. The summed E-state index contributed by atoms with van der Waals surface area (Å²) in [5.41, 5.74) is 2.77. The van der Waals surface area contributed by atoms with E-state index in [0.717, 1.165) is 22.6 Å². The molecule has 0 aliphatic rings. The zero-order valence-corrected chi connectivity index (χ0v) is 12.0. The van der Waals surface area contributed by atoms with E-state index >= 15 is 0 Å². The predicted molar refractivity (Wildman–Crippen MR) is 86.4 cm³/mol. The molecule has 0 saturated heterocycles. The molecular formula is C18H16N2O2. The topological polar surface area (TPSA) is 54.3 Å². The van der Waals surface area contributed by atoms with Crippen molar-refractivity contribution in [2.24, 2.45) is 0 Å². The summed E-state index contributed by atoms with van der Waals surface area (Å²) < 4.78 is 5.33. The van der Waals surface area contributed by atoms with Gasteiger partial charge in [0, 0.05) is 17.8 Å². The maximum Gasteiger partial charge on any atom is 0.319 e. The largest absolute Gasteiger partial charge is 0.464 e. The Morgan fingerprint density at radius 2 is 1.68 bits per heavy atom. The molecule has 0 bridgehead atoms. The number of hydrogen-bond acceptors (Lipinski definition) is 2. The number of amides is 2. The van der Waals surface area contributed by atoms with Crippen LogP contribution in [0.5, 0.6) is 0 Å². The van der Waals surface area contributed by atoms with Crippen molar-refractivity contribution in [3.8, 4) is 11.3 Å². The van der Waals surface area contributed by atoms with Crippen LogP contribution in [0.1, 0.15) is 5.56 Å². The van der Waals surface area contributed by atoms with Gasteiger partial charge in [0.2, 0.25) is 0 Å². The summed E-state index contributed by atoms with van der Waals surface area (Å²) in [6.45, 7) is 0.497. The number of carbonyl (C=O) groups excluding carboxylic acids is 1. The third kappa shape index (κ3) is 3.55. The Labute approximate surface area is 128 Å². The Morgan fingerprint density at radius 3 is 2.36 bits per heavy atom. The molecule has 0 aliphatic carbocycles. The molecule has 4 heteroatoms. The third-order valence-corrected chi connectivity index (χ3v) is 3.24. The van der Waals surface area contributed by atoms with E-state index in [1.807, 2.05) is 66.7 Å². The smallest absolute Gasteiger partial charge is 0.319 e. The zero-order valence-electron chi connectivity index (χ0n) is 12.0. The predicted octanol–water partition coefficient (Wildman–Crippen LogP) is 4.27. The van der Waals surface area contributed by atoms with E-state index in [-0.39, 0.29) is 6.03 Å². The number of nitrogens with one attached hydrogen (secondary N) is 2. The molecular weight excluding hydrogens is 276 g/mol. The van der Waals surface area contributed by atoms with Gasteiger partial charge in [-0.1, -0.05) is 30.3 Å². The Bertz CT molecular complexity index is 720. The van der Waals surface area contributed by atoms with Crippen LogP contribution in [-0.4, -0.2) is 6.03 Å². The second-order valence-electron chi connectivity index (χ2n) is 4.85. The SMILES string of the molecule is O=C(NCc1ccccc1)Nc1ccc(-c2ccco2)cc1. The molecule has 22 heavy (non-hydrogen) atoms. The summed E-state index contributed by atoms with van der Waals surface area (Å²) in [5, 5.41) is 5.63. The van der Waals surface area contributed by atoms with Crippen LogP contribution < -0.4 is 10.6 Å². The minimum absolute atomic E-state index is 0.227. The lowest BCUT2D eigenvalue weighted by molar-refractivity contribution is 0.251. The minimum atomic E-state index is -0.227. The maximum absolute atomic E-state index is 11.9. The average Bonchev–Trinajstić information content (AvgIpc) is 3.09. The summed E-state index contributed by atoms with van der Waals surface area (Å²) in [5.74, 6) is 0.806. The first-order valence-electron chi connectivity index (χ1n) is 7.04. The highest BCUT2D eigenvalue weighted by atomic mass is 16.3. The first kappa shape index (κ1) is 13.9. The van der Waals surface area contributed by atoms with Crippen molar-refractivity contribution in [1.82, 2.24) is 5.32 Å². The molecule has 0 saturated carbocycles. The van der Waals surface area contributed by atoms with Gasteiger partial charge in [-0.15, -0.1) is 0 Å². The first-order chi connectivity index (χ1) is 10.8. The molecule has 2 N–H and O–H groups in total. The van der Waals surface area contributed by atoms with E-state index in [1.165, 1.54) is 0 Å². The fourth-order valence-electron chi connectivity index (χ4n) is 2.11. The molecule has 4 nitrogen and oxygen atoms in total. The molecule has 0 aliphatic heterocycles. The van der Waals surface area contributed by atoms with Gasteiger partial charge in [0.05, 0.1) is 6.26 Å². The molecule has 3 rings (SSSR count). The van der Waals surface area contributed by atoms with E-state index in [1.54, 1.807) is 6.26 Å². The van der Waals surface area contributed by atoms with Gasteiger partial charge in [0.1, 0.15) is 5.76 Å². The molecule has 0 unspecified atom stereocenters. The molecule has 3 aromatic rings. The Hall–Kier alpha value is -3.01. The van der Waals surface area contributed by atoms with Gasteiger partial charge in [0.15, 0.2) is 0 Å². The lowest BCUT2D eigenvalue weighted by Crippen LogP contribution is -2.28. The number of urea groups is 1. The lowest BCUT2D eigenvalue weighted by atomic mass is 10.1. The number of anilines is 1. The molecule has 110 valence electrons. The van der Waals surface area contributed by atoms with Crippen LogP contribution in [0, 0.1) is 0 Å². The van der Waals surface area contributed by atoms with Crippen LogP contribution in [0.25, 0.3) is 11.3 Å². The number of benzene rings is 2.